The van der Waals surface area contributed by atoms with Gasteiger partial charge in [-0.3, -0.25) is 0 Å². The van der Waals surface area contributed by atoms with Crippen LogP contribution in [0.3, 0.4) is 0 Å². The number of nitrogens with zero attached hydrogens (tertiary/aromatic N) is 1. The van der Waals surface area contributed by atoms with E-state index in [9.17, 15) is 4.39 Å². The van der Waals surface area contributed by atoms with Gasteiger partial charge in [-0.2, -0.15) is 0 Å². The summed E-state index contributed by atoms with van der Waals surface area (Å²) in [6.45, 7) is 8.30. The summed E-state index contributed by atoms with van der Waals surface area (Å²) >= 11 is 0. The van der Waals surface area contributed by atoms with E-state index in [1.54, 1.807) is 12.1 Å². The predicted octanol–water partition coefficient (Wildman–Crippen LogP) is 3.34. The smallest absolute Gasteiger partial charge is 0.123 e. The molecular formula is C14H23FN2. The molecule has 1 atom stereocenters. The summed E-state index contributed by atoms with van der Waals surface area (Å²) < 4.78 is 13.4. The van der Waals surface area contributed by atoms with Crippen LogP contribution in [0.2, 0.25) is 0 Å². The van der Waals surface area contributed by atoms with Gasteiger partial charge in [0.05, 0.1) is 0 Å². The van der Waals surface area contributed by atoms with E-state index in [0.717, 1.165) is 30.8 Å². The lowest BCUT2D eigenvalue weighted by molar-refractivity contribution is 0.606. The third-order valence-corrected chi connectivity index (χ3v) is 3.11. The maximum Gasteiger partial charge on any atom is 0.123 e. The topological polar surface area (TPSA) is 15.3 Å². The Kier molecular flexibility index (Phi) is 5.42. The molecule has 0 heterocycles. The minimum Gasteiger partial charge on any atom is -0.372 e. The number of nitrogens with one attached hydrogen (secondary N) is 1. The van der Waals surface area contributed by atoms with E-state index in [1.807, 2.05) is 13.1 Å². The van der Waals surface area contributed by atoms with Crippen molar-refractivity contribution in [1.29, 1.82) is 0 Å². The number of hydrogen-bond acceptors (Lipinski definition) is 2. The molecule has 2 nitrogen and oxygen atoms in total. The van der Waals surface area contributed by atoms with Crippen LogP contribution in [-0.2, 0) is 0 Å². The molecule has 1 rings (SSSR count). The van der Waals surface area contributed by atoms with Crippen molar-refractivity contribution in [3.63, 3.8) is 0 Å². The SMILES string of the molecule is CCCN(CC)c1ccc(F)cc1C(C)NC. The second kappa shape index (κ2) is 6.60. The molecule has 0 saturated carbocycles. The first kappa shape index (κ1) is 14.0. The molecule has 1 unspecified atom stereocenters. The van der Waals surface area contributed by atoms with Crippen molar-refractivity contribution in [2.24, 2.45) is 0 Å². The van der Waals surface area contributed by atoms with Gasteiger partial charge in [0.1, 0.15) is 5.82 Å². The Hall–Kier alpha value is -1.09. The van der Waals surface area contributed by atoms with E-state index in [2.05, 4.69) is 31.0 Å². The summed E-state index contributed by atoms with van der Waals surface area (Å²) in [5.74, 6) is -0.168. The predicted molar refractivity (Wildman–Crippen MR) is 72.1 cm³/mol. The van der Waals surface area contributed by atoms with E-state index in [-0.39, 0.29) is 11.9 Å². The van der Waals surface area contributed by atoms with Gasteiger partial charge in [0.15, 0.2) is 0 Å². The largest absolute Gasteiger partial charge is 0.372 e. The van der Waals surface area contributed by atoms with Gasteiger partial charge >= 0.3 is 0 Å². The summed E-state index contributed by atoms with van der Waals surface area (Å²) in [6.07, 6.45) is 1.10. The maximum atomic E-state index is 13.4. The lowest BCUT2D eigenvalue weighted by atomic mass is 10.0. The maximum absolute atomic E-state index is 13.4. The van der Waals surface area contributed by atoms with Gasteiger partial charge in [-0.15, -0.1) is 0 Å². The van der Waals surface area contributed by atoms with Crippen LogP contribution in [0.5, 0.6) is 0 Å². The van der Waals surface area contributed by atoms with E-state index >= 15 is 0 Å². The third-order valence-electron chi connectivity index (χ3n) is 3.11. The molecule has 0 amide bonds. The highest BCUT2D eigenvalue weighted by Crippen LogP contribution is 2.27. The van der Waals surface area contributed by atoms with E-state index < -0.39 is 0 Å². The quantitative estimate of drug-likeness (QED) is 0.817. The first-order valence-electron chi connectivity index (χ1n) is 6.35. The number of halogens is 1. The number of hydrogen-bond donors (Lipinski definition) is 1. The highest BCUT2D eigenvalue weighted by atomic mass is 19.1. The van der Waals surface area contributed by atoms with Gasteiger partial charge in [0.25, 0.3) is 0 Å². The van der Waals surface area contributed by atoms with Crippen molar-refractivity contribution < 1.29 is 4.39 Å². The molecule has 0 aliphatic carbocycles. The molecule has 0 saturated heterocycles. The molecule has 17 heavy (non-hydrogen) atoms. The normalized spacial score (nSPS) is 12.5. The third kappa shape index (κ3) is 3.43. The van der Waals surface area contributed by atoms with Crippen LogP contribution >= 0.6 is 0 Å². The van der Waals surface area contributed by atoms with Crippen LogP contribution in [0.1, 0.15) is 38.8 Å². The Balaban J connectivity index is 3.11. The van der Waals surface area contributed by atoms with E-state index in [4.69, 9.17) is 0 Å². The number of rotatable bonds is 6. The van der Waals surface area contributed by atoms with Crippen LogP contribution in [-0.4, -0.2) is 20.1 Å². The van der Waals surface area contributed by atoms with Crippen LogP contribution < -0.4 is 10.2 Å². The van der Waals surface area contributed by atoms with Crippen LogP contribution in [0.4, 0.5) is 10.1 Å². The molecule has 1 aromatic rings. The highest BCUT2D eigenvalue weighted by molar-refractivity contribution is 5.55. The van der Waals surface area contributed by atoms with Crippen molar-refractivity contribution in [3.05, 3.63) is 29.6 Å². The van der Waals surface area contributed by atoms with Crippen molar-refractivity contribution >= 4 is 5.69 Å². The molecular weight excluding hydrogens is 215 g/mol. The molecule has 96 valence electrons. The fourth-order valence-electron chi connectivity index (χ4n) is 2.03. The van der Waals surface area contributed by atoms with Crippen LogP contribution in [0, 0.1) is 5.82 Å². The monoisotopic (exact) mass is 238 g/mol. The standard InChI is InChI=1S/C14H23FN2/c1-5-9-17(6-2)14-8-7-12(15)10-13(14)11(3)16-4/h7-8,10-11,16H,5-6,9H2,1-4H3. The fourth-order valence-corrected chi connectivity index (χ4v) is 2.03. The molecule has 1 aromatic carbocycles. The Morgan fingerprint density at radius 1 is 1.35 bits per heavy atom. The average Bonchev–Trinajstić information content (AvgIpc) is 2.35. The number of anilines is 1. The molecule has 0 aliphatic heterocycles. The van der Waals surface area contributed by atoms with Crippen molar-refractivity contribution in [2.45, 2.75) is 33.2 Å². The van der Waals surface area contributed by atoms with E-state index in [1.165, 1.54) is 0 Å². The average molecular weight is 238 g/mol. The Bertz CT molecular complexity index is 352. The zero-order valence-corrected chi connectivity index (χ0v) is 11.3. The van der Waals surface area contributed by atoms with Gasteiger partial charge in [0.2, 0.25) is 0 Å². The summed E-state index contributed by atoms with van der Waals surface area (Å²) in [5, 5.41) is 3.18. The molecule has 1 N–H and O–H groups in total. The fraction of sp³-hybridized carbons (Fsp3) is 0.571. The summed E-state index contributed by atoms with van der Waals surface area (Å²) in [5.41, 5.74) is 2.17. The second-order valence-corrected chi connectivity index (χ2v) is 4.29. The molecule has 0 aliphatic rings. The van der Waals surface area contributed by atoms with Gasteiger partial charge in [-0.1, -0.05) is 6.92 Å². The first-order valence-corrected chi connectivity index (χ1v) is 6.35. The summed E-state index contributed by atoms with van der Waals surface area (Å²) in [7, 11) is 1.90. The molecule has 0 bridgehead atoms. The molecule has 0 aromatic heterocycles. The Labute approximate surface area is 104 Å². The molecule has 0 radical (unpaired) electrons. The first-order chi connectivity index (χ1) is 8.13. The summed E-state index contributed by atoms with van der Waals surface area (Å²) in [4.78, 5) is 2.29. The van der Waals surface area contributed by atoms with Crippen molar-refractivity contribution in [2.75, 3.05) is 25.0 Å². The zero-order valence-electron chi connectivity index (χ0n) is 11.3. The Morgan fingerprint density at radius 2 is 2.06 bits per heavy atom. The van der Waals surface area contributed by atoms with Gasteiger partial charge in [-0.05, 0) is 51.1 Å². The minimum absolute atomic E-state index is 0.159. The molecule has 3 heteroatoms. The molecule has 0 spiro atoms. The minimum atomic E-state index is -0.168. The highest BCUT2D eigenvalue weighted by Gasteiger charge is 2.14. The number of benzene rings is 1. The summed E-state index contributed by atoms with van der Waals surface area (Å²) in [6, 6.07) is 5.22. The second-order valence-electron chi connectivity index (χ2n) is 4.29. The molecule has 0 fully saturated rings. The van der Waals surface area contributed by atoms with Gasteiger partial charge < -0.3 is 10.2 Å². The van der Waals surface area contributed by atoms with Crippen LogP contribution in [0.25, 0.3) is 0 Å². The van der Waals surface area contributed by atoms with E-state index in [0.29, 0.717) is 0 Å². The van der Waals surface area contributed by atoms with Crippen molar-refractivity contribution in [3.8, 4) is 0 Å². The Morgan fingerprint density at radius 3 is 2.59 bits per heavy atom. The lowest BCUT2D eigenvalue weighted by Gasteiger charge is -2.27. The zero-order chi connectivity index (χ0) is 12.8. The lowest BCUT2D eigenvalue weighted by Crippen LogP contribution is -2.26. The van der Waals surface area contributed by atoms with Gasteiger partial charge in [-0.25, -0.2) is 4.39 Å². The van der Waals surface area contributed by atoms with Gasteiger partial charge in [0, 0.05) is 24.8 Å². The van der Waals surface area contributed by atoms with Crippen molar-refractivity contribution in [1.82, 2.24) is 5.32 Å². The van der Waals surface area contributed by atoms with Crippen LogP contribution in [0.15, 0.2) is 18.2 Å².